The van der Waals surface area contributed by atoms with Gasteiger partial charge in [0.05, 0.1) is 18.8 Å². The van der Waals surface area contributed by atoms with Gasteiger partial charge in [-0.2, -0.15) is 0 Å². The lowest BCUT2D eigenvalue weighted by atomic mass is 10.0. The quantitative estimate of drug-likeness (QED) is 0.0421. The molecule has 0 bridgehead atoms. The van der Waals surface area contributed by atoms with Gasteiger partial charge in [0, 0.05) is 6.42 Å². The minimum absolute atomic E-state index is 0.116. The zero-order valence-electron chi connectivity index (χ0n) is 43.4. The molecule has 2 unspecified atom stereocenters. The largest absolute Gasteiger partial charge is 0.394 e. The molecular formula is C63H103NO3. The Hall–Kier alpha value is -3.73. The van der Waals surface area contributed by atoms with Crippen LogP contribution >= 0.6 is 0 Å². The molecule has 0 aromatic rings. The monoisotopic (exact) mass is 922 g/mol. The number of rotatable bonds is 48. The first-order valence-electron chi connectivity index (χ1n) is 27.5. The summed E-state index contributed by atoms with van der Waals surface area (Å²) in [5.74, 6) is -0.116. The molecule has 4 nitrogen and oxygen atoms in total. The third-order valence-corrected chi connectivity index (χ3v) is 11.5. The number of carbonyl (C=O) groups excluding carboxylic acids is 1. The fourth-order valence-electron chi connectivity index (χ4n) is 7.38. The van der Waals surface area contributed by atoms with E-state index in [4.69, 9.17) is 0 Å². The lowest BCUT2D eigenvalue weighted by Crippen LogP contribution is -2.45. The highest BCUT2D eigenvalue weighted by Crippen LogP contribution is 2.14. The number of hydrogen-bond acceptors (Lipinski definition) is 3. The molecule has 0 spiro atoms. The maximum absolute atomic E-state index is 12.5. The molecule has 0 saturated carbocycles. The first kappa shape index (κ1) is 63.3. The molecule has 0 radical (unpaired) electrons. The Balaban J connectivity index is 3.75. The van der Waals surface area contributed by atoms with E-state index in [0.29, 0.717) is 6.42 Å². The van der Waals surface area contributed by atoms with Crippen LogP contribution in [0.4, 0.5) is 0 Å². The Kier molecular flexibility index (Phi) is 53.4. The van der Waals surface area contributed by atoms with Crippen molar-refractivity contribution >= 4 is 5.91 Å². The standard InChI is InChI=1S/C63H103NO3/c1-3-5-7-9-11-13-15-17-19-21-23-25-27-29-30-31-32-33-34-35-37-39-41-43-45-47-49-51-53-55-57-59-63(67)64-61(60-65)62(66)58-56-54-52-50-48-46-44-42-40-38-36-28-26-24-22-20-18-16-14-12-10-8-6-4-2/h5,7,11,13,17,19,23,25,29-30,32-33,35,37,40-43,47-50,56,58,61-62,65-66H,3-4,6,8-10,12,14-16,18,20-22,24,26-28,31,34,36,38-39,44-46,51-55,57,59-60H2,1-2H3,(H,64,67)/b7-5-,13-11-,19-17-,25-23-,30-29-,33-32-,37-35-,42-40+,43-41-,49-47-,50-48+,58-56+. The average Bonchev–Trinajstić information content (AvgIpc) is 3.33. The van der Waals surface area contributed by atoms with Crippen LogP contribution in [-0.2, 0) is 4.79 Å². The molecule has 0 aliphatic carbocycles. The molecule has 0 aromatic carbocycles. The molecule has 3 N–H and O–H groups in total. The summed E-state index contributed by atoms with van der Waals surface area (Å²) in [5.41, 5.74) is 0. The summed E-state index contributed by atoms with van der Waals surface area (Å²) >= 11 is 0. The van der Waals surface area contributed by atoms with Crippen molar-refractivity contribution in [3.63, 3.8) is 0 Å². The average molecular weight is 923 g/mol. The maximum atomic E-state index is 12.5. The molecule has 0 aromatic heterocycles. The minimum atomic E-state index is -0.897. The number of hydrogen-bond donors (Lipinski definition) is 3. The van der Waals surface area contributed by atoms with Crippen LogP contribution in [0.3, 0.4) is 0 Å². The van der Waals surface area contributed by atoms with Crippen molar-refractivity contribution in [2.75, 3.05) is 6.61 Å². The van der Waals surface area contributed by atoms with Crippen LogP contribution in [0.1, 0.15) is 226 Å². The Morgan fingerprint density at radius 1 is 0.373 bits per heavy atom. The van der Waals surface area contributed by atoms with Gasteiger partial charge in [-0.05, 0) is 116 Å². The van der Waals surface area contributed by atoms with Crippen LogP contribution in [0.15, 0.2) is 146 Å². The van der Waals surface area contributed by atoms with Crippen LogP contribution in [0.25, 0.3) is 0 Å². The highest BCUT2D eigenvalue weighted by molar-refractivity contribution is 5.76. The second-order valence-corrected chi connectivity index (χ2v) is 17.9. The third kappa shape index (κ3) is 53.1. The van der Waals surface area contributed by atoms with Gasteiger partial charge >= 0.3 is 0 Å². The van der Waals surface area contributed by atoms with Gasteiger partial charge in [0.15, 0.2) is 0 Å². The Bertz CT molecular complexity index is 1420. The summed E-state index contributed by atoms with van der Waals surface area (Å²) in [6, 6.07) is -0.676. The van der Waals surface area contributed by atoms with Crippen LogP contribution in [0, 0.1) is 0 Å². The molecule has 67 heavy (non-hydrogen) atoms. The molecule has 0 heterocycles. The molecular weight excluding hydrogens is 819 g/mol. The van der Waals surface area contributed by atoms with Crippen molar-refractivity contribution in [3.8, 4) is 0 Å². The maximum Gasteiger partial charge on any atom is 0.220 e. The normalized spacial score (nSPS) is 14.0. The van der Waals surface area contributed by atoms with Crippen LogP contribution in [-0.4, -0.2) is 34.9 Å². The van der Waals surface area contributed by atoms with Gasteiger partial charge in [0.1, 0.15) is 0 Å². The van der Waals surface area contributed by atoms with Crippen LogP contribution < -0.4 is 5.32 Å². The Labute approximate surface area is 414 Å². The first-order chi connectivity index (χ1) is 33.2. The molecule has 378 valence electrons. The number of allylic oxidation sites excluding steroid dienone is 23. The zero-order valence-corrected chi connectivity index (χ0v) is 43.4. The molecule has 1 amide bonds. The van der Waals surface area contributed by atoms with E-state index in [0.717, 1.165) is 109 Å². The van der Waals surface area contributed by atoms with E-state index in [-0.39, 0.29) is 12.5 Å². The van der Waals surface area contributed by atoms with E-state index in [1.807, 2.05) is 6.08 Å². The second kappa shape index (κ2) is 56.6. The van der Waals surface area contributed by atoms with Gasteiger partial charge in [-0.15, -0.1) is 0 Å². The molecule has 2 atom stereocenters. The molecule has 0 aliphatic rings. The predicted molar refractivity (Wildman–Crippen MR) is 298 cm³/mol. The highest BCUT2D eigenvalue weighted by atomic mass is 16.3. The minimum Gasteiger partial charge on any atom is -0.394 e. The number of aliphatic hydroxyl groups is 2. The van der Waals surface area contributed by atoms with Crippen molar-refractivity contribution in [2.24, 2.45) is 0 Å². The van der Waals surface area contributed by atoms with Gasteiger partial charge < -0.3 is 15.5 Å². The zero-order chi connectivity index (χ0) is 48.5. The smallest absolute Gasteiger partial charge is 0.220 e. The highest BCUT2D eigenvalue weighted by Gasteiger charge is 2.17. The van der Waals surface area contributed by atoms with Crippen molar-refractivity contribution in [1.29, 1.82) is 0 Å². The molecule has 0 rings (SSSR count). The SMILES string of the molecule is CC/C=C\C/C=C\C/C=C\C/C=C\C/C=C\C/C=C\C/C=C\C/C=C\C/C=C\CCCCCC(=O)NC(CO)C(O)/C=C/CC/C=C/CC/C=C/CCCCCCCCCCCCCCCC. The summed E-state index contributed by atoms with van der Waals surface area (Å²) in [5, 5.41) is 23.1. The van der Waals surface area contributed by atoms with E-state index in [2.05, 4.69) is 153 Å². The van der Waals surface area contributed by atoms with Gasteiger partial charge in [0.25, 0.3) is 0 Å². The van der Waals surface area contributed by atoms with Crippen molar-refractivity contribution in [1.82, 2.24) is 5.32 Å². The third-order valence-electron chi connectivity index (χ3n) is 11.5. The molecule has 4 heteroatoms. The number of amides is 1. The Morgan fingerprint density at radius 2 is 0.672 bits per heavy atom. The lowest BCUT2D eigenvalue weighted by Gasteiger charge is -2.19. The number of nitrogens with one attached hydrogen (secondary N) is 1. The second-order valence-electron chi connectivity index (χ2n) is 17.9. The fourth-order valence-corrected chi connectivity index (χ4v) is 7.38. The summed E-state index contributed by atoms with van der Waals surface area (Å²) in [6.45, 7) is 4.16. The van der Waals surface area contributed by atoms with Crippen molar-refractivity contribution in [2.45, 2.75) is 238 Å². The van der Waals surface area contributed by atoms with Gasteiger partial charge in [-0.1, -0.05) is 250 Å². The van der Waals surface area contributed by atoms with E-state index in [1.54, 1.807) is 6.08 Å². The van der Waals surface area contributed by atoms with Gasteiger partial charge in [-0.25, -0.2) is 0 Å². The topological polar surface area (TPSA) is 69.6 Å². The van der Waals surface area contributed by atoms with E-state index in [1.165, 1.54) is 96.3 Å². The predicted octanol–water partition coefficient (Wildman–Crippen LogP) is 18.4. The van der Waals surface area contributed by atoms with E-state index >= 15 is 0 Å². The van der Waals surface area contributed by atoms with Crippen molar-refractivity contribution < 1.29 is 15.0 Å². The first-order valence-corrected chi connectivity index (χ1v) is 27.5. The summed E-state index contributed by atoms with van der Waals surface area (Å²) in [4.78, 5) is 12.5. The van der Waals surface area contributed by atoms with E-state index in [9.17, 15) is 15.0 Å². The Morgan fingerprint density at radius 3 is 1.04 bits per heavy atom. The van der Waals surface area contributed by atoms with Gasteiger partial charge in [0.2, 0.25) is 5.91 Å². The molecule has 0 fully saturated rings. The van der Waals surface area contributed by atoms with Crippen LogP contribution in [0.2, 0.25) is 0 Å². The van der Waals surface area contributed by atoms with Crippen LogP contribution in [0.5, 0.6) is 0 Å². The van der Waals surface area contributed by atoms with E-state index < -0.39 is 12.1 Å². The number of unbranched alkanes of at least 4 members (excludes halogenated alkanes) is 19. The fraction of sp³-hybridized carbons (Fsp3) is 0.603. The number of aliphatic hydroxyl groups excluding tert-OH is 2. The summed E-state index contributed by atoms with van der Waals surface area (Å²) in [7, 11) is 0. The van der Waals surface area contributed by atoms with Crippen molar-refractivity contribution in [3.05, 3.63) is 146 Å². The molecule has 0 saturated heterocycles. The number of carbonyl (C=O) groups is 1. The summed E-state index contributed by atoms with van der Waals surface area (Å²) in [6.07, 6.45) is 89.9. The van der Waals surface area contributed by atoms with Gasteiger partial charge in [-0.3, -0.25) is 4.79 Å². The molecule has 0 aliphatic heterocycles. The lowest BCUT2D eigenvalue weighted by molar-refractivity contribution is -0.123. The summed E-state index contributed by atoms with van der Waals surface area (Å²) < 4.78 is 0.